The van der Waals surface area contributed by atoms with Gasteiger partial charge in [-0.15, -0.1) is 0 Å². The maximum absolute atomic E-state index is 11.3. The van der Waals surface area contributed by atoms with Gasteiger partial charge in [-0.25, -0.2) is 4.98 Å². The maximum Gasteiger partial charge on any atom is 0.180 e. The van der Waals surface area contributed by atoms with Crippen molar-refractivity contribution in [3.63, 3.8) is 0 Å². The van der Waals surface area contributed by atoms with Crippen LogP contribution in [-0.2, 0) is 0 Å². The maximum atomic E-state index is 11.3. The molecule has 0 bridgehead atoms. The normalized spacial score (nSPS) is 12.6. The van der Waals surface area contributed by atoms with E-state index in [4.69, 9.17) is 5.73 Å². The van der Waals surface area contributed by atoms with Gasteiger partial charge in [-0.05, 0) is 35.0 Å². The van der Waals surface area contributed by atoms with Gasteiger partial charge < -0.3 is 5.73 Å². The van der Waals surface area contributed by atoms with Crippen LogP contribution in [0.3, 0.4) is 0 Å². The summed E-state index contributed by atoms with van der Waals surface area (Å²) < 4.78 is 0.712. The van der Waals surface area contributed by atoms with Gasteiger partial charge in [0.1, 0.15) is 4.60 Å². The molecule has 12 heavy (non-hydrogen) atoms. The van der Waals surface area contributed by atoms with Crippen LogP contribution in [0.15, 0.2) is 22.9 Å². The zero-order chi connectivity index (χ0) is 9.14. The lowest BCUT2D eigenvalue weighted by molar-refractivity contribution is 0.0967. The van der Waals surface area contributed by atoms with Crippen molar-refractivity contribution in [1.82, 2.24) is 4.98 Å². The summed E-state index contributed by atoms with van der Waals surface area (Å²) in [5, 5.41) is 0. The number of Topliss-reactive ketones (excluding diaryl/α,β-unsaturated/α-hetero) is 1. The minimum absolute atomic E-state index is 0.0880. The number of ketones is 1. The van der Waals surface area contributed by atoms with Crippen molar-refractivity contribution in [2.24, 2.45) is 5.73 Å². The molecule has 64 valence electrons. The third-order valence-corrected chi connectivity index (χ3v) is 1.89. The first-order valence-electron chi connectivity index (χ1n) is 3.52. The molecular weight excluding hydrogens is 220 g/mol. The first-order valence-corrected chi connectivity index (χ1v) is 4.32. The highest BCUT2D eigenvalue weighted by atomic mass is 79.9. The van der Waals surface area contributed by atoms with Crippen LogP contribution in [0.1, 0.15) is 17.3 Å². The molecule has 4 heteroatoms. The second kappa shape index (κ2) is 3.78. The molecule has 3 nitrogen and oxygen atoms in total. The molecule has 1 rings (SSSR count). The Balaban J connectivity index is 2.90. The average molecular weight is 229 g/mol. The molecule has 0 saturated heterocycles. The Labute approximate surface area is 79.1 Å². The molecule has 0 aromatic carbocycles. The Hall–Kier alpha value is -0.740. The molecule has 0 aliphatic carbocycles. The summed E-state index contributed by atoms with van der Waals surface area (Å²) >= 11 is 3.18. The molecule has 1 aromatic heterocycles. The quantitative estimate of drug-likeness (QED) is 0.615. The number of nitrogens with two attached hydrogens (primary N) is 1. The number of hydrogen-bond donors (Lipinski definition) is 1. The van der Waals surface area contributed by atoms with E-state index in [1.165, 1.54) is 6.20 Å². The topological polar surface area (TPSA) is 56.0 Å². The van der Waals surface area contributed by atoms with Crippen LogP contribution in [-0.4, -0.2) is 16.8 Å². The number of hydrogen-bond acceptors (Lipinski definition) is 3. The summed E-state index contributed by atoms with van der Waals surface area (Å²) in [4.78, 5) is 15.2. The molecule has 1 aromatic rings. The van der Waals surface area contributed by atoms with Gasteiger partial charge in [-0.2, -0.15) is 0 Å². The van der Waals surface area contributed by atoms with E-state index < -0.39 is 6.04 Å². The largest absolute Gasteiger partial charge is 0.321 e. The van der Waals surface area contributed by atoms with Gasteiger partial charge in [0.15, 0.2) is 5.78 Å². The van der Waals surface area contributed by atoms with Gasteiger partial charge in [-0.1, -0.05) is 0 Å². The van der Waals surface area contributed by atoms with E-state index in [1.54, 1.807) is 19.1 Å². The second-order valence-electron chi connectivity index (χ2n) is 2.52. The van der Waals surface area contributed by atoms with Gasteiger partial charge in [-0.3, -0.25) is 4.79 Å². The molecular formula is C8H9BrN2O. The molecule has 0 amide bonds. The van der Waals surface area contributed by atoms with Gasteiger partial charge in [0, 0.05) is 11.8 Å². The van der Waals surface area contributed by atoms with Crippen LogP contribution in [0.25, 0.3) is 0 Å². The van der Waals surface area contributed by atoms with Crippen LogP contribution in [0.4, 0.5) is 0 Å². The summed E-state index contributed by atoms with van der Waals surface area (Å²) in [6, 6.07) is 2.95. The Morgan fingerprint density at radius 2 is 2.33 bits per heavy atom. The molecule has 1 atom stereocenters. The van der Waals surface area contributed by atoms with E-state index in [-0.39, 0.29) is 5.78 Å². The molecule has 1 heterocycles. The molecule has 0 radical (unpaired) electrons. The van der Waals surface area contributed by atoms with Crippen molar-refractivity contribution in [2.75, 3.05) is 0 Å². The highest BCUT2D eigenvalue weighted by Gasteiger charge is 2.10. The third kappa shape index (κ3) is 2.12. The van der Waals surface area contributed by atoms with Crippen LogP contribution >= 0.6 is 15.9 Å². The van der Waals surface area contributed by atoms with Gasteiger partial charge in [0.25, 0.3) is 0 Å². The third-order valence-electron chi connectivity index (χ3n) is 1.43. The predicted octanol–water partition coefficient (Wildman–Crippen LogP) is 1.37. The van der Waals surface area contributed by atoms with E-state index in [0.717, 1.165) is 0 Å². The van der Waals surface area contributed by atoms with Crippen molar-refractivity contribution < 1.29 is 4.79 Å². The van der Waals surface area contributed by atoms with E-state index >= 15 is 0 Å². The van der Waals surface area contributed by atoms with Crippen molar-refractivity contribution in [2.45, 2.75) is 13.0 Å². The number of carbonyl (C=O) groups is 1. The zero-order valence-corrected chi connectivity index (χ0v) is 8.21. The lowest BCUT2D eigenvalue weighted by Crippen LogP contribution is -2.26. The van der Waals surface area contributed by atoms with Gasteiger partial charge in [0.05, 0.1) is 6.04 Å². The van der Waals surface area contributed by atoms with Crippen molar-refractivity contribution in [3.8, 4) is 0 Å². The molecule has 0 aliphatic rings. The van der Waals surface area contributed by atoms with Crippen LogP contribution in [0.5, 0.6) is 0 Å². The van der Waals surface area contributed by atoms with E-state index in [1.807, 2.05) is 0 Å². The molecule has 0 spiro atoms. The molecule has 0 aliphatic heterocycles. The minimum atomic E-state index is -0.465. The van der Waals surface area contributed by atoms with Gasteiger partial charge >= 0.3 is 0 Å². The standard InChI is InChI=1S/C8H9BrN2O/c1-5(10)8(12)6-2-3-7(9)11-4-6/h2-5H,10H2,1H3. The highest BCUT2D eigenvalue weighted by molar-refractivity contribution is 9.10. The summed E-state index contributed by atoms with van der Waals surface area (Å²) in [6.07, 6.45) is 1.51. The predicted molar refractivity (Wildman–Crippen MR) is 49.9 cm³/mol. The van der Waals surface area contributed by atoms with E-state index in [0.29, 0.717) is 10.2 Å². The zero-order valence-electron chi connectivity index (χ0n) is 6.62. The van der Waals surface area contributed by atoms with Gasteiger partial charge in [0.2, 0.25) is 0 Å². The number of aromatic nitrogens is 1. The monoisotopic (exact) mass is 228 g/mol. The lowest BCUT2D eigenvalue weighted by atomic mass is 10.1. The average Bonchev–Trinajstić information content (AvgIpc) is 2.04. The molecule has 1 unspecified atom stereocenters. The fourth-order valence-corrected chi connectivity index (χ4v) is 1.02. The summed E-state index contributed by atoms with van der Waals surface area (Å²) in [6.45, 7) is 1.66. The fourth-order valence-electron chi connectivity index (χ4n) is 0.784. The van der Waals surface area contributed by atoms with E-state index in [2.05, 4.69) is 20.9 Å². The van der Waals surface area contributed by atoms with Crippen LogP contribution < -0.4 is 5.73 Å². The summed E-state index contributed by atoms with van der Waals surface area (Å²) in [7, 11) is 0. The van der Waals surface area contributed by atoms with Crippen LogP contribution in [0, 0.1) is 0 Å². The highest BCUT2D eigenvalue weighted by Crippen LogP contribution is 2.07. The number of pyridine rings is 1. The number of halogens is 1. The van der Waals surface area contributed by atoms with Crippen LogP contribution in [0.2, 0.25) is 0 Å². The number of carbonyl (C=O) groups excluding carboxylic acids is 1. The lowest BCUT2D eigenvalue weighted by Gasteiger charge is -2.02. The summed E-state index contributed by atoms with van der Waals surface area (Å²) in [5.41, 5.74) is 5.97. The first kappa shape index (κ1) is 9.35. The van der Waals surface area contributed by atoms with E-state index in [9.17, 15) is 4.79 Å². The molecule has 0 saturated carbocycles. The Morgan fingerprint density at radius 1 is 1.67 bits per heavy atom. The second-order valence-corrected chi connectivity index (χ2v) is 3.34. The summed E-state index contributed by atoms with van der Waals surface area (Å²) in [5.74, 6) is -0.0880. The number of nitrogens with zero attached hydrogens (tertiary/aromatic N) is 1. The first-order chi connectivity index (χ1) is 5.61. The number of rotatable bonds is 2. The van der Waals surface area contributed by atoms with Crippen molar-refractivity contribution in [3.05, 3.63) is 28.5 Å². The Morgan fingerprint density at radius 3 is 2.75 bits per heavy atom. The molecule has 2 N–H and O–H groups in total. The van der Waals surface area contributed by atoms with Crippen molar-refractivity contribution >= 4 is 21.7 Å². The Kier molecular flexibility index (Phi) is 2.94. The SMILES string of the molecule is CC(N)C(=O)c1ccc(Br)nc1. The smallest absolute Gasteiger partial charge is 0.180 e. The minimum Gasteiger partial charge on any atom is -0.321 e. The fraction of sp³-hybridized carbons (Fsp3) is 0.250. The van der Waals surface area contributed by atoms with Crippen molar-refractivity contribution in [1.29, 1.82) is 0 Å². The Bertz CT molecular complexity index is 282. The molecule has 0 fully saturated rings.